The third-order valence-corrected chi connectivity index (χ3v) is 9.58. The molecule has 46 heavy (non-hydrogen) atoms. The molecule has 0 aromatic carbocycles. The van der Waals surface area contributed by atoms with Crippen molar-refractivity contribution in [1.29, 1.82) is 0 Å². The second-order valence-corrected chi connectivity index (χ2v) is 14.3. The number of amides is 1. The molecule has 5 nitrogen and oxygen atoms in total. The van der Waals surface area contributed by atoms with Gasteiger partial charge >= 0.3 is 5.97 Å². The van der Waals surface area contributed by atoms with Crippen molar-refractivity contribution in [2.45, 2.75) is 245 Å². The molecule has 0 saturated carbocycles. The largest absolute Gasteiger partial charge is 0.462 e. The van der Waals surface area contributed by atoms with E-state index in [1.54, 1.807) is 0 Å². The second-order valence-electron chi connectivity index (χ2n) is 14.3. The first-order valence-corrected chi connectivity index (χ1v) is 20.7. The van der Waals surface area contributed by atoms with Gasteiger partial charge in [-0.2, -0.15) is 0 Å². The molecular formula is C41H81NO4. The van der Waals surface area contributed by atoms with Crippen LogP contribution in [0.15, 0.2) is 0 Å². The first-order chi connectivity index (χ1) is 22.6. The lowest BCUT2D eigenvalue weighted by Crippen LogP contribution is -2.37. The van der Waals surface area contributed by atoms with Gasteiger partial charge in [0.05, 0.1) is 12.6 Å². The molecule has 0 aliphatic rings. The van der Waals surface area contributed by atoms with Crippen molar-refractivity contribution >= 4 is 11.9 Å². The average molecular weight is 652 g/mol. The molecule has 5 heteroatoms. The minimum absolute atomic E-state index is 0.0371. The van der Waals surface area contributed by atoms with Gasteiger partial charge in [0.1, 0.15) is 6.10 Å². The Morgan fingerprint density at radius 1 is 0.478 bits per heavy atom. The van der Waals surface area contributed by atoms with Crippen LogP contribution in [0.4, 0.5) is 0 Å². The van der Waals surface area contributed by atoms with Gasteiger partial charge in [-0.25, -0.2) is 0 Å². The van der Waals surface area contributed by atoms with Crippen LogP contribution in [0.3, 0.4) is 0 Å². The van der Waals surface area contributed by atoms with Crippen LogP contribution in [-0.4, -0.2) is 35.7 Å². The number of aliphatic hydroxyl groups excluding tert-OH is 1. The Balaban J connectivity index is 4.24. The van der Waals surface area contributed by atoms with Gasteiger partial charge in [-0.1, -0.05) is 175 Å². The lowest BCUT2D eigenvalue weighted by Gasteiger charge is -2.20. The van der Waals surface area contributed by atoms with Gasteiger partial charge in [0.25, 0.3) is 0 Å². The van der Waals surface area contributed by atoms with Crippen molar-refractivity contribution in [2.24, 2.45) is 0 Å². The minimum Gasteiger partial charge on any atom is -0.462 e. The maximum Gasteiger partial charge on any atom is 0.306 e. The molecule has 2 N–H and O–H groups in total. The topological polar surface area (TPSA) is 75.6 Å². The Bertz CT molecular complexity index is 640. The Kier molecular flexibility index (Phi) is 35.9. The maximum atomic E-state index is 12.7. The van der Waals surface area contributed by atoms with Crippen LogP contribution in [0.25, 0.3) is 0 Å². The van der Waals surface area contributed by atoms with E-state index in [0.29, 0.717) is 12.8 Å². The van der Waals surface area contributed by atoms with Crippen LogP contribution < -0.4 is 5.32 Å². The quantitative estimate of drug-likeness (QED) is 0.0518. The normalized spacial score (nSPS) is 12.7. The molecule has 0 aliphatic heterocycles. The van der Waals surface area contributed by atoms with Crippen LogP contribution >= 0.6 is 0 Å². The number of unbranched alkanes of at least 4 members (excludes halogenated alkanes) is 24. The summed E-state index contributed by atoms with van der Waals surface area (Å²) in [5.41, 5.74) is 0. The molecule has 0 spiro atoms. The SMILES string of the molecule is CCCCCCCCCCCCCC(=O)N[C@@H](CO)CCCC(CCCCCCCC)OC(=O)CCCCCCCCCCCC. The van der Waals surface area contributed by atoms with Crippen LogP contribution in [0.5, 0.6) is 0 Å². The Labute approximate surface area is 287 Å². The van der Waals surface area contributed by atoms with Crippen LogP contribution in [0, 0.1) is 0 Å². The summed E-state index contributed by atoms with van der Waals surface area (Å²) in [7, 11) is 0. The fourth-order valence-electron chi connectivity index (χ4n) is 6.47. The molecule has 0 saturated heterocycles. The molecule has 0 aliphatic carbocycles. The number of hydrogen-bond acceptors (Lipinski definition) is 4. The average Bonchev–Trinajstić information content (AvgIpc) is 3.05. The number of ether oxygens (including phenoxy) is 1. The van der Waals surface area contributed by atoms with Crippen molar-refractivity contribution < 1.29 is 19.4 Å². The standard InChI is InChI=1S/C41H81NO4/c1-4-7-10-13-16-18-20-21-23-26-29-35-40(44)42-38(37-43)32-31-34-39(33-28-25-15-12-9-6-3)46-41(45)36-30-27-24-22-19-17-14-11-8-5-2/h38-39,43H,4-37H2,1-3H3,(H,42,44)/t38-,39?/m1/s1. The summed E-state index contributed by atoms with van der Waals surface area (Å²) in [5, 5.41) is 13.0. The highest BCUT2D eigenvalue weighted by Gasteiger charge is 2.17. The molecule has 0 aromatic rings. The van der Waals surface area contributed by atoms with Gasteiger partial charge in [0.15, 0.2) is 0 Å². The van der Waals surface area contributed by atoms with Gasteiger partial charge in [0, 0.05) is 12.8 Å². The molecule has 0 rings (SSSR count). The third kappa shape index (κ3) is 32.8. The zero-order valence-corrected chi connectivity index (χ0v) is 31.4. The first-order valence-electron chi connectivity index (χ1n) is 20.7. The Hall–Kier alpha value is -1.10. The fraction of sp³-hybridized carbons (Fsp3) is 0.951. The van der Waals surface area contributed by atoms with E-state index in [1.165, 1.54) is 141 Å². The Morgan fingerprint density at radius 3 is 1.28 bits per heavy atom. The van der Waals surface area contributed by atoms with E-state index in [4.69, 9.17) is 4.74 Å². The summed E-state index contributed by atoms with van der Waals surface area (Å²) in [6, 6.07) is -0.211. The predicted molar refractivity (Wildman–Crippen MR) is 198 cm³/mol. The lowest BCUT2D eigenvalue weighted by atomic mass is 10.0. The van der Waals surface area contributed by atoms with Crippen LogP contribution in [0.2, 0.25) is 0 Å². The van der Waals surface area contributed by atoms with E-state index in [2.05, 4.69) is 26.1 Å². The van der Waals surface area contributed by atoms with Crippen LogP contribution in [0.1, 0.15) is 233 Å². The minimum atomic E-state index is -0.211. The monoisotopic (exact) mass is 652 g/mol. The van der Waals surface area contributed by atoms with Gasteiger partial charge in [-0.05, 0) is 44.9 Å². The van der Waals surface area contributed by atoms with Crippen LogP contribution in [-0.2, 0) is 14.3 Å². The highest BCUT2D eigenvalue weighted by Crippen LogP contribution is 2.18. The summed E-state index contributed by atoms with van der Waals surface area (Å²) in [5.74, 6) is 0.0102. The molecule has 0 heterocycles. The van der Waals surface area contributed by atoms with Gasteiger partial charge in [-0.3, -0.25) is 9.59 Å². The summed E-state index contributed by atoms with van der Waals surface area (Å²) in [6.45, 7) is 6.73. The number of aliphatic hydroxyl groups is 1. The highest BCUT2D eigenvalue weighted by atomic mass is 16.5. The molecular weight excluding hydrogens is 570 g/mol. The predicted octanol–water partition coefficient (Wildman–Crippen LogP) is 12.3. The lowest BCUT2D eigenvalue weighted by molar-refractivity contribution is -0.150. The van der Waals surface area contributed by atoms with Crippen molar-refractivity contribution in [3.63, 3.8) is 0 Å². The van der Waals surface area contributed by atoms with Gasteiger partial charge in [0.2, 0.25) is 5.91 Å². The summed E-state index contributed by atoms with van der Waals surface area (Å²) in [6.07, 6.45) is 38.3. The molecule has 0 aromatic heterocycles. The van der Waals surface area contributed by atoms with Gasteiger partial charge in [-0.15, -0.1) is 0 Å². The smallest absolute Gasteiger partial charge is 0.306 e. The summed E-state index contributed by atoms with van der Waals surface area (Å²) < 4.78 is 5.99. The van der Waals surface area contributed by atoms with Gasteiger partial charge < -0.3 is 15.2 Å². The number of rotatable bonds is 37. The summed E-state index contributed by atoms with van der Waals surface area (Å²) >= 11 is 0. The fourth-order valence-corrected chi connectivity index (χ4v) is 6.47. The number of hydrogen-bond donors (Lipinski definition) is 2. The highest BCUT2D eigenvalue weighted by molar-refractivity contribution is 5.76. The van der Waals surface area contributed by atoms with Crippen molar-refractivity contribution in [2.75, 3.05) is 6.61 Å². The molecule has 1 amide bonds. The first kappa shape index (κ1) is 44.9. The molecule has 0 radical (unpaired) electrons. The van der Waals surface area contributed by atoms with Crippen molar-refractivity contribution in [3.05, 3.63) is 0 Å². The molecule has 274 valence electrons. The van der Waals surface area contributed by atoms with E-state index in [0.717, 1.165) is 57.8 Å². The number of carbonyl (C=O) groups is 2. The van der Waals surface area contributed by atoms with Crippen molar-refractivity contribution in [1.82, 2.24) is 5.32 Å². The maximum absolute atomic E-state index is 12.7. The number of nitrogens with one attached hydrogen (secondary N) is 1. The third-order valence-electron chi connectivity index (χ3n) is 9.58. The molecule has 0 bridgehead atoms. The zero-order chi connectivity index (χ0) is 33.8. The molecule has 2 atom stereocenters. The summed E-state index contributed by atoms with van der Waals surface area (Å²) in [4.78, 5) is 25.2. The van der Waals surface area contributed by atoms with E-state index in [1.807, 2.05) is 0 Å². The Morgan fingerprint density at radius 2 is 0.848 bits per heavy atom. The van der Waals surface area contributed by atoms with Crippen molar-refractivity contribution in [3.8, 4) is 0 Å². The molecule has 0 fully saturated rings. The number of esters is 1. The van der Waals surface area contributed by atoms with E-state index in [9.17, 15) is 14.7 Å². The number of carbonyl (C=O) groups excluding carboxylic acids is 2. The zero-order valence-electron chi connectivity index (χ0n) is 31.4. The van der Waals surface area contributed by atoms with E-state index in [-0.39, 0.29) is 30.6 Å². The molecule has 1 unspecified atom stereocenters. The van der Waals surface area contributed by atoms with E-state index < -0.39 is 0 Å². The van der Waals surface area contributed by atoms with E-state index >= 15 is 0 Å². The second kappa shape index (κ2) is 36.7.